The van der Waals surface area contributed by atoms with E-state index in [1.54, 1.807) is 19.1 Å². The molecule has 0 aliphatic rings. The number of nitrogens with one attached hydrogen (secondary N) is 2. The lowest BCUT2D eigenvalue weighted by molar-refractivity contribution is -0.119. The van der Waals surface area contributed by atoms with Crippen molar-refractivity contribution in [3.8, 4) is 0 Å². The number of carbonyl (C=O) groups excluding carboxylic acids is 4. The van der Waals surface area contributed by atoms with Crippen molar-refractivity contribution in [1.82, 2.24) is 4.98 Å². The van der Waals surface area contributed by atoms with Crippen LogP contribution < -0.4 is 5.32 Å². The minimum atomic E-state index is -0.800. The highest BCUT2D eigenvalue weighted by molar-refractivity contribution is 6.11. The van der Waals surface area contributed by atoms with Crippen LogP contribution >= 0.6 is 0 Å². The van der Waals surface area contributed by atoms with Gasteiger partial charge in [-0.05, 0) is 26.8 Å². The van der Waals surface area contributed by atoms with Gasteiger partial charge in [-0.2, -0.15) is 0 Å². The summed E-state index contributed by atoms with van der Waals surface area (Å²) in [7, 11) is 0. The van der Waals surface area contributed by atoms with Gasteiger partial charge in [-0.25, -0.2) is 9.59 Å². The highest BCUT2D eigenvalue weighted by atomic mass is 16.5. The fourth-order valence-corrected chi connectivity index (χ4v) is 3.07. The standard InChI is InChI=1S/C21H20N2O7/c1-4-28-21(27)18-17(11(2)24)12(3)30-19(18)23-16(25)10-29-20(26)14-9-22-15-8-6-5-7-13(14)15/h5-9,22H,4,10H2,1-3H3,(H,23,25). The first-order valence-electron chi connectivity index (χ1n) is 9.18. The number of rotatable bonds is 7. The van der Waals surface area contributed by atoms with Gasteiger partial charge in [0.25, 0.3) is 5.91 Å². The Labute approximate surface area is 171 Å². The molecule has 9 heteroatoms. The van der Waals surface area contributed by atoms with Crippen LogP contribution in [0.1, 0.15) is 50.7 Å². The number of amides is 1. The molecule has 0 unspecified atom stereocenters. The molecule has 0 saturated carbocycles. The van der Waals surface area contributed by atoms with Gasteiger partial charge in [0.1, 0.15) is 11.3 Å². The summed E-state index contributed by atoms with van der Waals surface area (Å²) in [5.74, 6) is -2.71. The van der Waals surface area contributed by atoms with E-state index in [0.29, 0.717) is 10.9 Å². The van der Waals surface area contributed by atoms with Crippen LogP contribution in [0.2, 0.25) is 0 Å². The summed E-state index contributed by atoms with van der Waals surface area (Å²) in [6.45, 7) is 3.84. The molecule has 0 radical (unpaired) electrons. The molecule has 2 N–H and O–H groups in total. The van der Waals surface area contributed by atoms with Crippen molar-refractivity contribution >= 4 is 40.4 Å². The van der Waals surface area contributed by atoms with Gasteiger partial charge in [0.2, 0.25) is 5.88 Å². The summed E-state index contributed by atoms with van der Waals surface area (Å²) in [6, 6.07) is 7.16. The highest BCUT2D eigenvalue weighted by Crippen LogP contribution is 2.28. The Morgan fingerprint density at radius 2 is 1.80 bits per heavy atom. The molecule has 30 heavy (non-hydrogen) atoms. The molecule has 3 rings (SSSR count). The van der Waals surface area contributed by atoms with E-state index in [9.17, 15) is 19.2 Å². The topological polar surface area (TPSA) is 128 Å². The van der Waals surface area contributed by atoms with Crippen molar-refractivity contribution in [2.24, 2.45) is 0 Å². The zero-order valence-corrected chi connectivity index (χ0v) is 16.7. The number of carbonyl (C=O) groups is 4. The Bertz CT molecular complexity index is 1140. The number of hydrogen-bond acceptors (Lipinski definition) is 7. The molecule has 0 saturated heterocycles. The number of fused-ring (bicyclic) bond motifs is 1. The number of furan rings is 1. The Morgan fingerprint density at radius 1 is 1.07 bits per heavy atom. The molecule has 1 amide bonds. The van der Waals surface area contributed by atoms with Crippen LogP contribution in [0.25, 0.3) is 10.9 Å². The molecule has 0 atom stereocenters. The van der Waals surface area contributed by atoms with Gasteiger partial charge in [0, 0.05) is 17.1 Å². The summed E-state index contributed by atoms with van der Waals surface area (Å²) < 4.78 is 15.4. The Kier molecular flexibility index (Phi) is 6.01. The van der Waals surface area contributed by atoms with Gasteiger partial charge < -0.3 is 18.9 Å². The third-order valence-electron chi connectivity index (χ3n) is 4.31. The van der Waals surface area contributed by atoms with Gasteiger partial charge >= 0.3 is 11.9 Å². The van der Waals surface area contributed by atoms with Crippen molar-refractivity contribution in [2.45, 2.75) is 20.8 Å². The Hall–Kier alpha value is -3.88. The number of aryl methyl sites for hydroxylation is 1. The highest BCUT2D eigenvalue weighted by Gasteiger charge is 2.29. The van der Waals surface area contributed by atoms with Crippen molar-refractivity contribution in [3.63, 3.8) is 0 Å². The number of esters is 2. The largest absolute Gasteiger partial charge is 0.462 e. The van der Waals surface area contributed by atoms with E-state index in [-0.39, 0.29) is 29.4 Å². The van der Waals surface area contributed by atoms with Gasteiger partial charge in [-0.1, -0.05) is 18.2 Å². The number of benzene rings is 1. The third kappa shape index (κ3) is 4.09. The zero-order chi connectivity index (χ0) is 21.8. The summed E-state index contributed by atoms with van der Waals surface area (Å²) >= 11 is 0. The van der Waals surface area contributed by atoms with Crippen molar-refractivity contribution in [2.75, 3.05) is 18.5 Å². The first-order valence-corrected chi connectivity index (χ1v) is 9.18. The second kappa shape index (κ2) is 8.64. The Balaban J connectivity index is 1.73. The monoisotopic (exact) mass is 412 g/mol. The van der Waals surface area contributed by atoms with Crippen LogP contribution in [0.4, 0.5) is 5.88 Å². The maximum absolute atomic E-state index is 12.3. The predicted octanol–water partition coefficient (Wildman–Crippen LogP) is 3.24. The molecule has 2 heterocycles. The number of Topliss-reactive ketones (excluding diaryl/α,β-unsaturated/α-hetero) is 1. The average molecular weight is 412 g/mol. The van der Waals surface area contributed by atoms with E-state index in [2.05, 4.69) is 10.3 Å². The molecular formula is C21H20N2O7. The van der Waals surface area contributed by atoms with Crippen LogP contribution in [0.15, 0.2) is 34.9 Å². The van der Waals surface area contributed by atoms with Gasteiger partial charge in [0.15, 0.2) is 12.4 Å². The minimum absolute atomic E-state index is 0.0273. The average Bonchev–Trinajstić information content (AvgIpc) is 3.27. The molecular weight excluding hydrogens is 392 g/mol. The van der Waals surface area contributed by atoms with Crippen LogP contribution in [0, 0.1) is 6.92 Å². The fraction of sp³-hybridized carbons (Fsp3) is 0.238. The third-order valence-corrected chi connectivity index (χ3v) is 4.31. The number of aromatic nitrogens is 1. The van der Waals surface area contributed by atoms with Crippen LogP contribution in [0.5, 0.6) is 0 Å². The number of hydrogen-bond donors (Lipinski definition) is 2. The first-order chi connectivity index (χ1) is 14.3. The second-order valence-electron chi connectivity index (χ2n) is 6.39. The molecule has 9 nitrogen and oxygen atoms in total. The maximum atomic E-state index is 12.3. The van der Waals surface area contributed by atoms with E-state index in [1.165, 1.54) is 20.0 Å². The summed E-state index contributed by atoms with van der Waals surface area (Å²) in [4.78, 5) is 51.7. The first kappa shape index (κ1) is 20.8. The number of para-hydroxylation sites is 1. The van der Waals surface area contributed by atoms with Crippen molar-refractivity contribution < 1.29 is 33.1 Å². The molecule has 0 aliphatic heterocycles. The zero-order valence-electron chi connectivity index (χ0n) is 16.7. The molecule has 156 valence electrons. The smallest absolute Gasteiger partial charge is 0.344 e. The molecule has 0 bridgehead atoms. The fourth-order valence-electron chi connectivity index (χ4n) is 3.07. The van der Waals surface area contributed by atoms with Crippen LogP contribution in [0.3, 0.4) is 0 Å². The van der Waals surface area contributed by atoms with E-state index < -0.39 is 30.2 Å². The van der Waals surface area contributed by atoms with E-state index in [1.807, 2.05) is 12.1 Å². The van der Waals surface area contributed by atoms with E-state index in [4.69, 9.17) is 13.9 Å². The SMILES string of the molecule is CCOC(=O)c1c(NC(=O)COC(=O)c2c[nH]c3ccccc23)oc(C)c1C(C)=O. The van der Waals surface area contributed by atoms with Crippen LogP contribution in [-0.2, 0) is 14.3 Å². The molecule has 0 spiro atoms. The number of H-pyrrole nitrogens is 1. The molecule has 2 aromatic heterocycles. The number of ketones is 1. The maximum Gasteiger partial charge on any atom is 0.344 e. The molecule has 1 aromatic carbocycles. The second-order valence-corrected chi connectivity index (χ2v) is 6.39. The lowest BCUT2D eigenvalue weighted by Crippen LogP contribution is -2.22. The molecule has 3 aromatic rings. The van der Waals surface area contributed by atoms with Gasteiger partial charge in [0.05, 0.1) is 17.7 Å². The number of anilines is 1. The summed E-state index contributed by atoms with van der Waals surface area (Å²) in [6.07, 6.45) is 1.50. The number of ether oxygens (including phenoxy) is 2. The number of aromatic amines is 1. The van der Waals surface area contributed by atoms with Gasteiger partial charge in [-0.15, -0.1) is 0 Å². The molecule has 0 aliphatic carbocycles. The molecule has 0 fully saturated rings. The van der Waals surface area contributed by atoms with Crippen LogP contribution in [-0.4, -0.2) is 41.8 Å². The van der Waals surface area contributed by atoms with Gasteiger partial charge in [-0.3, -0.25) is 14.9 Å². The predicted molar refractivity (Wildman–Crippen MR) is 107 cm³/mol. The summed E-state index contributed by atoms with van der Waals surface area (Å²) in [5.41, 5.74) is 0.909. The Morgan fingerprint density at radius 3 is 2.50 bits per heavy atom. The van der Waals surface area contributed by atoms with Crippen molar-refractivity contribution in [1.29, 1.82) is 0 Å². The normalized spacial score (nSPS) is 10.6. The lowest BCUT2D eigenvalue weighted by Gasteiger charge is -2.07. The van der Waals surface area contributed by atoms with E-state index in [0.717, 1.165) is 5.52 Å². The lowest BCUT2D eigenvalue weighted by atomic mass is 10.1. The van der Waals surface area contributed by atoms with Crippen molar-refractivity contribution in [3.05, 3.63) is 52.9 Å². The summed E-state index contributed by atoms with van der Waals surface area (Å²) in [5, 5.41) is 3.03. The quantitative estimate of drug-likeness (QED) is 0.450. The van der Waals surface area contributed by atoms with E-state index >= 15 is 0 Å². The minimum Gasteiger partial charge on any atom is -0.462 e.